The van der Waals surface area contributed by atoms with Gasteiger partial charge in [0.2, 0.25) is 0 Å². The van der Waals surface area contributed by atoms with Crippen molar-refractivity contribution in [1.82, 2.24) is 9.78 Å². The molecule has 0 spiro atoms. The van der Waals surface area contributed by atoms with E-state index in [1.165, 1.54) is 0 Å². The molecule has 0 saturated carbocycles. The first kappa shape index (κ1) is 22.1. The number of nitrogens with one attached hydrogen (secondary N) is 1. The van der Waals surface area contributed by atoms with Crippen LogP contribution in [-0.4, -0.2) is 26.8 Å². The number of carboxylic acid groups (broad SMARTS) is 1. The molecule has 6 nitrogen and oxygen atoms in total. The Kier molecular flexibility index (Phi) is 6.43. The second-order valence-electron chi connectivity index (χ2n) is 7.06. The van der Waals surface area contributed by atoms with Gasteiger partial charge in [0, 0.05) is 23.9 Å². The van der Waals surface area contributed by atoms with Gasteiger partial charge in [-0.05, 0) is 60.9 Å². The second kappa shape index (κ2) is 9.03. The summed E-state index contributed by atoms with van der Waals surface area (Å²) in [5, 5.41) is 15.9. The number of carbonyl (C=O) groups is 2. The van der Waals surface area contributed by atoms with Gasteiger partial charge < -0.3 is 10.4 Å². The smallest absolute Gasteiger partial charge is 0.416 e. The molecule has 2 aromatic carbocycles. The third-order valence-corrected chi connectivity index (χ3v) is 4.69. The van der Waals surface area contributed by atoms with Crippen molar-refractivity contribution in [2.45, 2.75) is 32.5 Å². The lowest BCUT2D eigenvalue weighted by Gasteiger charge is -2.09. The predicted molar refractivity (Wildman–Crippen MR) is 108 cm³/mol. The summed E-state index contributed by atoms with van der Waals surface area (Å²) in [6.07, 6.45) is -2.18. The zero-order valence-corrected chi connectivity index (χ0v) is 16.6. The molecule has 3 rings (SSSR count). The minimum Gasteiger partial charge on any atom is -0.481 e. The van der Waals surface area contributed by atoms with Crippen molar-refractivity contribution in [1.29, 1.82) is 0 Å². The molecule has 31 heavy (non-hydrogen) atoms. The summed E-state index contributed by atoms with van der Waals surface area (Å²) in [5.74, 6) is -1.37. The van der Waals surface area contributed by atoms with Crippen molar-refractivity contribution in [2.24, 2.45) is 0 Å². The molecular weight excluding hydrogens is 411 g/mol. The van der Waals surface area contributed by atoms with Gasteiger partial charge in [-0.2, -0.15) is 18.3 Å². The minimum atomic E-state index is -4.45. The fraction of sp³-hybridized carbons (Fsp3) is 0.227. The molecule has 0 unspecified atom stereocenters. The molecule has 1 amide bonds. The van der Waals surface area contributed by atoms with Gasteiger partial charge in [-0.1, -0.05) is 12.1 Å². The number of aliphatic carboxylic acids is 1. The largest absolute Gasteiger partial charge is 0.481 e. The summed E-state index contributed by atoms with van der Waals surface area (Å²) in [6.45, 7) is 2.30. The van der Waals surface area contributed by atoms with Crippen LogP contribution >= 0.6 is 0 Å². The number of rotatable bonds is 7. The van der Waals surface area contributed by atoms with E-state index in [1.807, 2.05) is 13.1 Å². The third kappa shape index (κ3) is 5.94. The van der Waals surface area contributed by atoms with E-state index < -0.39 is 23.6 Å². The van der Waals surface area contributed by atoms with Gasteiger partial charge in [-0.25, -0.2) is 0 Å². The van der Waals surface area contributed by atoms with Gasteiger partial charge in [0.1, 0.15) is 0 Å². The van der Waals surface area contributed by atoms with Crippen molar-refractivity contribution >= 4 is 17.6 Å². The molecular formula is C22H20F3N3O3. The molecule has 0 aliphatic carbocycles. The number of halogens is 3. The number of benzene rings is 2. The van der Waals surface area contributed by atoms with E-state index in [1.54, 1.807) is 28.9 Å². The predicted octanol–water partition coefficient (Wildman–Crippen LogP) is 4.53. The first-order valence-corrected chi connectivity index (χ1v) is 9.44. The first-order chi connectivity index (χ1) is 14.6. The van der Waals surface area contributed by atoms with Crippen molar-refractivity contribution in [2.75, 3.05) is 5.32 Å². The normalized spacial score (nSPS) is 11.4. The van der Waals surface area contributed by atoms with Crippen molar-refractivity contribution < 1.29 is 27.9 Å². The van der Waals surface area contributed by atoms with E-state index in [2.05, 4.69) is 10.4 Å². The zero-order chi connectivity index (χ0) is 22.6. The van der Waals surface area contributed by atoms with Crippen LogP contribution in [0.3, 0.4) is 0 Å². The van der Waals surface area contributed by atoms with E-state index >= 15 is 0 Å². The number of aromatic nitrogens is 2. The zero-order valence-electron chi connectivity index (χ0n) is 16.6. The Hall–Kier alpha value is -3.62. The third-order valence-electron chi connectivity index (χ3n) is 4.69. The van der Waals surface area contributed by atoms with Crippen LogP contribution in [0.25, 0.3) is 0 Å². The molecule has 1 aromatic heterocycles. The average molecular weight is 431 g/mol. The van der Waals surface area contributed by atoms with Crippen LogP contribution in [0, 0.1) is 6.92 Å². The lowest BCUT2D eigenvalue weighted by atomic mass is 10.1. The van der Waals surface area contributed by atoms with E-state index in [-0.39, 0.29) is 12.0 Å². The van der Waals surface area contributed by atoms with Crippen LogP contribution in [-0.2, 0) is 23.9 Å². The average Bonchev–Trinajstić information content (AvgIpc) is 3.06. The first-order valence-electron chi connectivity index (χ1n) is 9.44. The molecule has 1 heterocycles. The van der Waals surface area contributed by atoms with Gasteiger partial charge in [-0.15, -0.1) is 0 Å². The number of alkyl halides is 3. The summed E-state index contributed by atoms with van der Waals surface area (Å²) in [5.41, 5.74) is 2.39. The molecule has 2 N–H and O–H groups in total. The maximum atomic E-state index is 12.6. The maximum absolute atomic E-state index is 12.6. The SMILES string of the molecule is Cc1nn(Cc2ccc(NC(=O)c3ccc(C(F)(F)F)cc3)cc2)cc1CCC(=O)O. The van der Waals surface area contributed by atoms with E-state index in [0.29, 0.717) is 18.7 Å². The molecule has 0 aliphatic heterocycles. The standard InChI is InChI=1S/C22H20F3N3O3/c1-14-17(6-11-20(29)30)13-28(27-14)12-15-2-9-19(10-3-15)26-21(31)16-4-7-18(8-5-16)22(23,24)25/h2-5,7-10,13H,6,11-12H2,1H3,(H,26,31)(H,29,30). The summed E-state index contributed by atoms with van der Waals surface area (Å²) in [7, 11) is 0. The van der Waals surface area contributed by atoms with Gasteiger partial charge in [0.25, 0.3) is 5.91 Å². The number of carbonyl (C=O) groups excluding carboxylic acids is 1. The minimum absolute atomic E-state index is 0.0415. The Balaban J connectivity index is 1.61. The van der Waals surface area contributed by atoms with Gasteiger partial charge in [0.05, 0.1) is 17.8 Å². The van der Waals surface area contributed by atoms with Gasteiger partial charge >= 0.3 is 12.1 Å². The number of carboxylic acids is 1. The Bertz CT molecular complexity index is 1070. The summed E-state index contributed by atoms with van der Waals surface area (Å²) in [4.78, 5) is 23.0. The highest BCUT2D eigenvalue weighted by Gasteiger charge is 2.30. The summed E-state index contributed by atoms with van der Waals surface area (Å²) < 4.78 is 39.6. The van der Waals surface area contributed by atoms with E-state index in [9.17, 15) is 22.8 Å². The molecule has 0 radical (unpaired) electrons. The van der Waals surface area contributed by atoms with Crippen molar-refractivity contribution in [3.8, 4) is 0 Å². The Morgan fingerprint density at radius 3 is 2.29 bits per heavy atom. The molecule has 0 atom stereocenters. The molecule has 0 bridgehead atoms. The van der Waals surface area contributed by atoms with Crippen LogP contribution in [0.5, 0.6) is 0 Å². The lowest BCUT2D eigenvalue weighted by molar-refractivity contribution is -0.138. The fourth-order valence-electron chi connectivity index (χ4n) is 3.02. The van der Waals surface area contributed by atoms with E-state index in [4.69, 9.17) is 5.11 Å². The number of nitrogens with zero attached hydrogens (tertiary/aromatic N) is 2. The monoisotopic (exact) mass is 431 g/mol. The molecule has 9 heteroatoms. The summed E-state index contributed by atoms with van der Waals surface area (Å²) >= 11 is 0. The van der Waals surface area contributed by atoms with Crippen LogP contribution in [0.2, 0.25) is 0 Å². The van der Waals surface area contributed by atoms with Crippen LogP contribution in [0.4, 0.5) is 18.9 Å². The Labute approximate surface area is 176 Å². The molecule has 162 valence electrons. The van der Waals surface area contributed by atoms with Crippen molar-refractivity contribution in [3.05, 3.63) is 82.7 Å². The van der Waals surface area contributed by atoms with Gasteiger partial charge in [-0.3, -0.25) is 14.3 Å². The lowest BCUT2D eigenvalue weighted by Crippen LogP contribution is -2.13. The van der Waals surface area contributed by atoms with E-state index in [0.717, 1.165) is 41.1 Å². The quantitative estimate of drug-likeness (QED) is 0.576. The van der Waals surface area contributed by atoms with Gasteiger partial charge in [0.15, 0.2) is 0 Å². The molecule has 0 fully saturated rings. The van der Waals surface area contributed by atoms with Crippen LogP contribution < -0.4 is 5.32 Å². The van der Waals surface area contributed by atoms with Crippen molar-refractivity contribution in [3.63, 3.8) is 0 Å². The molecule has 0 saturated heterocycles. The highest BCUT2D eigenvalue weighted by Crippen LogP contribution is 2.29. The highest BCUT2D eigenvalue weighted by atomic mass is 19.4. The Morgan fingerprint density at radius 2 is 1.71 bits per heavy atom. The Morgan fingerprint density at radius 1 is 1.06 bits per heavy atom. The molecule has 3 aromatic rings. The maximum Gasteiger partial charge on any atom is 0.416 e. The number of anilines is 1. The van der Waals surface area contributed by atoms with Crippen LogP contribution in [0.1, 0.15) is 39.2 Å². The molecule has 0 aliphatic rings. The topological polar surface area (TPSA) is 84.2 Å². The fourth-order valence-corrected chi connectivity index (χ4v) is 3.02. The number of hydrogen-bond acceptors (Lipinski definition) is 3. The summed E-state index contributed by atoms with van der Waals surface area (Å²) in [6, 6.07) is 11.0. The second-order valence-corrected chi connectivity index (χ2v) is 7.06. The highest BCUT2D eigenvalue weighted by molar-refractivity contribution is 6.04. The number of aryl methyl sites for hydroxylation is 2. The number of hydrogen-bond donors (Lipinski definition) is 2. The number of amides is 1. The van der Waals surface area contributed by atoms with Crippen LogP contribution in [0.15, 0.2) is 54.7 Å².